The highest BCUT2D eigenvalue weighted by Gasteiger charge is 2.10. The summed E-state index contributed by atoms with van der Waals surface area (Å²) in [5.41, 5.74) is 1.35. The Morgan fingerprint density at radius 2 is 1.84 bits per heavy atom. The molecule has 0 spiro atoms. The van der Waals surface area contributed by atoms with Crippen LogP contribution in [0.1, 0.15) is 12.0 Å². The van der Waals surface area contributed by atoms with Crippen LogP contribution >= 0.6 is 23.2 Å². The number of methoxy groups -OCH3 is 1. The molecule has 0 atom stereocenters. The minimum Gasteiger partial charge on any atom is -0.496 e. The van der Waals surface area contributed by atoms with E-state index in [4.69, 9.17) is 27.9 Å². The molecule has 0 heterocycles. The highest BCUT2D eigenvalue weighted by molar-refractivity contribution is 6.35. The van der Waals surface area contributed by atoms with Crippen LogP contribution in [0.15, 0.2) is 42.5 Å². The molecular formula is C18H18Cl2N2O3. The lowest BCUT2D eigenvalue weighted by atomic mass is 10.1. The summed E-state index contributed by atoms with van der Waals surface area (Å²) in [6, 6.07) is 12.3. The molecule has 2 aromatic carbocycles. The SMILES string of the molecule is COc1ccccc1CCC(=O)NCC(=O)Nc1cc(Cl)ccc1Cl. The first-order valence-electron chi connectivity index (χ1n) is 7.63. The van der Waals surface area contributed by atoms with Crippen LogP contribution in [-0.2, 0) is 16.0 Å². The third-order valence-corrected chi connectivity index (χ3v) is 4.03. The predicted octanol–water partition coefficient (Wildman–Crippen LogP) is 3.69. The van der Waals surface area contributed by atoms with Gasteiger partial charge in [0.15, 0.2) is 0 Å². The van der Waals surface area contributed by atoms with Crippen molar-refractivity contribution >= 4 is 40.7 Å². The van der Waals surface area contributed by atoms with Gasteiger partial charge >= 0.3 is 0 Å². The van der Waals surface area contributed by atoms with Gasteiger partial charge in [0.05, 0.1) is 24.4 Å². The lowest BCUT2D eigenvalue weighted by Gasteiger charge is -2.10. The number of para-hydroxylation sites is 1. The molecule has 0 aliphatic carbocycles. The molecule has 132 valence electrons. The van der Waals surface area contributed by atoms with E-state index in [1.165, 1.54) is 0 Å². The van der Waals surface area contributed by atoms with Crippen molar-refractivity contribution in [1.82, 2.24) is 5.32 Å². The van der Waals surface area contributed by atoms with E-state index in [-0.39, 0.29) is 24.8 Å². The molecule has 0 radical (unpaired) electrons. The molecule has 0 aliphatic rings. The number of carbonyl (C=O) groups is 2. The van der Waals surface area contributed by atoms with Crippen LogP contribution in [0.5, 0.6) is 5.75 Å². The maximum absolute atomic E-state index is 11.9. The normalized spacial score (nSPS) is 10.2. The number of nitrogens with one attached hydrogen (secondary N) is 2. The third-order valence-electron chi connectivity index (χ3n) is 3.46. The molecular weight excluding hydrogens is 363 g/mol. The molecule has 2 amide bonds. The molecule has 2 rings (SSSR count). The molecule has 0 aromatic heterocycles. The second-order valence-electron chi connectivity index (χ2n) is 5.26. The summed E-state index contributed by atoms with van der Waals surface area (Å²) < 4.78 is 5.24. The zero-order chi connectivity index (χ0) is 18.2. The van der Waals surface area contributed by atoms with Gasteiger partial charge in [-0.05, 0) is 36.2 Å². The Morgan fingerprint density at radius 3 is 2.60 bits per heavy atom. The topological polar surface area (TPSA) is 67.4 Å². The summed E-state index contributed by atoms with van der Waals surface area (Å²) in [4.78, 5) is 23.8. The molecule has 0 saturated carbocycles. The van der Waals surface area contributed by atoms with Gasteiger partial charge in [0.25, 0.3) is 0 Å². The molecule has 7 heteroatoms. The van der Waals surface area contributed by atoms with E-state index in [9.17, 15) is 9.59 Å². The monoisotopic (exact) mass is 380 g/mol. The van der Waals surface area contributed by atoms with Gasteiger partial charge in [-0.15, -0.1) is 0 Å². The van der Waals surface area contributed by atoms with Crippen LogP contribution in [0, 0.1) is 0 Å². The van der Waals surface area contributed by atoms with Crippen molar-refractivity contribution in [1.29, 1.82) is 0 Å². The number of benzene rings is 2. The molecule has 2 aromatic rings. The van der Waals surface area contributed by atoms with Gasteiger partial charge < -0.3 is 15.4 Å². The van der Waals surface area contributed by atoms with Crippen LogP contribution < -0.4 is 15.4 Å². The largest absolute Gasteiger partial charge is 0.496 e. The summed E-state index contributed by atoms with van der Waals surface area (Å²) in [6.45, 7) is -0.145. The van der Waals surface area contributed by atoms with E-state index in [2.05, 4.69) is 10.6 Å². The summed E-state index contributed by atoms with van der Waals surface area (Å²) >= 11 is 11.8. The van der Waals surface area contributed by atoms with Crippen molar-refractivity contribution in [2.24, 2.45) is 0 Å². The van der Waals surface area contributed by atoms with E-state index in [0.29, 0.717) is 22.2 Å². The van der Waals surface area contributed by atoms with Crippen molar-refractivity contribution in [2.45, 2.75) is 12.8 Å². The van der Waals surface area contributed by atoms with Crippen molar-refractivity contribution in [3.8, 4) is 5.75 Å². The number of hydrogen-bond acceptors (Lipinski definition) is 3. The predicted molar refractivity (Wildman–Crippen MR) is 99.4 cm³/mol. The van der Waals surface area contributed by atoms with Crippen LogP contribution in [0.3, 0.4) is 0 Å². The van der Waals surface area contributed by atoms with E-state index in [0.717, 1.165) is 11.3 Å². The lowest BCUT2D eigenvalue weighted by Crippen LogP contribution is -2.33. The first kappa shape index (κ1) is 19.1. The van der Waals surface area contributed by atoms with Gasteiger partial charge in [-0.3, -0.25) is 9.59 Å². The van der Waals surface area contributed by atoms with Crippen LogP contribution in [0.25, 0.3) is 0 Å². The fourth-order valence-electron chi connectivity index (χ4n) is 2.21. The maximum atomic E-state index is 11.9. The Balaban J connectivity index is 1.79. The summed E-state index contributed by atoms with van der Waals surface area (Å²) in [7, 11) is 1.59. The maximum Gasteiger partial charge on any atom is 0.243 e. The minimum absolute atomic E-state index is 0.145. The van der Waals surface area contributed by atoms with Gasteiger partial charge in [0.1, 0.15) is 5.75 Å². The second-order valence-corrected chi connectivity index (χ2v) is 6.10. The Kier molecular flexibility index (Phi) is 7.10. The molecule has 5 nitrogen and oxygen atoms in total. The number of anilines is 1. The number of ether oxygens (including phenoxy) is 1. The first-order valence-corrected chi connectivity index (χ1v) is 8.38. The standard InChI is InChI=1S/C18H18Cl2N2O3/c1-25-16-5-3-2-4-12(16)6-9-17(23)21-11-18(24)22-15-10-13(19)7-8-14(15)20/h2-5,7-8,10H,6,9,11H2,1H3,(H,21,23)(H,22,24). The zero-order valence-corrected chi connectivity index (χ0v) is 15.2. The zero-order valence-electron chi connectivity index (χ0n) is 13.6. The van der Waals surface area contributed by atoms with E-state index < -0.39 is 0 Å². The quantitative estimate of drug-likeness (QED) is 0.769. The Morgan fingerprint density at radius 1 is 1.08 bits per heavy atom. The molecule has 0 unspecified atom stereocenters. The van der Waals surface area contributed by atoms with Crippen LogP contribution in [0.2, 0.25) is 10.0 Å². The average molecular weight is 381 g/mol. The van der Waals surface area contributed by atoms with Crippen LogP contribution in [0.4, 0.5) is 5.69 Å². The number of halogens is 2. The highest BCUT2D eigenvalue weighted by atomic mass is 35.5. The first-order chi connectivity index (χ1) is 12.0. The highest BCUT2D eigenvalue weighted by Crippen LogP contribution is 2.25. The van der Waals surface area contributed by atoms with Gasteiger partial charge in [-0.25, -0.2) is 0 Å². The van der Waals surface area contributed by atoms with Gasteiger partial charge in [0.2, 0.25) is 11.8 Å². The summed E-state index contributed by atoms with van der Waals surface area (Å²) in [6.07, 6.45) is 0.781. The molecule has 0 saturated heterocycles. The van der Waals surface area contributed by atoms with Gasteiger partial charge in [-0.2, -0.15) is 0 Å². The molecule has 25 heavy (non-hydrogen) atoms. The molecule has 0 aliphatic heterocycles. The minimum atomic E-state index is -0.380. The van der Waals surface area contributed by atoms with E-state index in [1.54, 1.807) is 25.3 Å². The third kappa shape index (κ3) is 5.96. The molecule has 0 bridgehead atoms. The Hall–Kier alpha value is -2.24. The van der Waals surface area contributed by atoms with Gasteiger partial charge in [-0.1, -0.05) is 41.4 Å². The van der Waals surface area contributed by atoms with Gasteiger partial charge in [0, 0.05) is 11.4 Å². The number of carbonyl (C=O) groups excluding carboxylic acids is 2. The van der Waals surface area contributed by atoms with Crippen molar-refractivity contribution in [3.05, 3.63) is 58.1 Å². The van der Waals surface area contributed by atoms with E-state index in [1.807, 2.05) is 24.3 Å². The smallest absolute Gasteiger partial charge is 0.243 e. The van der Waals surface area contributed by atoms with E-state index >= 15 is 0 Å². The Labute approximate surface area is 156 Å². The average Bonchev–Trinajstić information content (AvgIpc) is 2.61. The summed E-state index contributed by atoms with van der Waals surface area (Å²) in [5, 5.41) is 6.02. The summed E-state index contributed by atoms with van der Waals surface area (Å²) in [5.74, 6) is 0.136. The van der Waals surface area contributed by atoms with Crippen molar-refractivity contribution < 1.29 is 14.3 Å². The fourth-order valence-corrected chi connectivity index (χ4v) is 2.55. The molecule has 2 N–H and O–H groups in total. The number of rotatable bonds is 7. The second kappa shape index (κ2) is 9.30. The number of aryl methyl sites for hydroxylation is 1. The number of amides is 2. The number of hydrogen-bond donors (Lipinski definition) is 2. The Bertz CT molecular complexity index is 766. The lowest BCUT2D eigenvalue weighted by molar-refractivity contribution is -0.124. The fraction of sp³-hybridized carbons (Fsp3) is 0.222. The van der Waals surface area contributed by atoms with Crippen LogP contribution in [-0.4, -0.2) is 25.5 Å². The molecule has 0 fully saturated rings. The van der Waals surface area contributed by atoms with Crippen molar-refractivity contribution in [3.63, 3.8) is 0 Å². The van der Waals surface area contributed by atoms with Crippen molar-refractivity contribution in [2.75, 3.05) is 19.0 Å².